The highest BCUT2D eigenvalue weighted by Gasteiger charge is 2.18. The van der Waals surface area contributed by atoms with Crippen molar-refractivity contribution in [3.05, 3.63) is 94.6 Å². The Labute approximate surface area is 165 Å². The average Bonchev–Trinajstić information content (AvgIpc) is 2.72. The molecule has 2 heterocycles. The third kappa shape index (κ3) is 4.11. The topological polar surface area (TPSA) is 90.2 Å². The van der Waals surface area contributed by atoms with E-state index in [1.165, 1.54) is 12.1 Å². The molecule has 0 aliphatic rings. The molecule has 7 nitrogen and oxygen atoms in total. The summed E-state index contributed by atoms with van der Waals surface area (Å²) in [5, 5.41) is 15.1. The monoisotopic (exact) mass is 390 g/mol. The van der Waals surface area contributed by atoms with E-state index in [0.29, 0.717) is 34.8 Å². The van der Waals surface area contributed by atoms with E-state index in [2.05, 4.69) is 15.3 Å². The summed E-state index contributed by atoms with van der Waals surface area (Å²) in [6, 6.07) is 15.9. The van der Waals surface area contributed by atoms with Gasteiger partial charge in [0.05, 0.1) is 15.8 Å². The van der Waals surface area contributed by atoms with Crippen LogP contribution in [-0.2, 0) is 6.54 Å². The predicted molar refractivity (Wildman–Crippen MR) is 106 cm³/mol. The lowest BCUT2D eigenvalue weighted by atomic mass is 10.1. The first-order valence-electron chi connectivity index (χ1n) is 8.74. The highest BCUT2D eigenvalue weighted by atomic mass is 19.1. The van der Waals surface area contributed by atoms with Gasteiger partial charge in [0, 0.05) is 31.1 Å². The Hall–Kier alpha value is -4.07. The summed E-state index contributed by atoms with van der Waals surface area (Å²) in [6.45, 7) is 0.333. The molecule has 0 saturated carbocycles. The predicted octanol–water partition coefficient (Wildman–Crippen LogP) is 5.08. The van der Waals surface area contributed by atoms with Gasteiger partial charge in [-0.1, -0.05) is 12.1 Å². The first-order valence-corrected chi connectivity index (χ1v) is 8.74. The molecule has 8 heteroatoms. The van der Waals surface area contributed by atoms with E-state index < -0.39 is 10.7 Å². The lowest BCUT2D eigenvalue weighted by Crippen LogP contribution is -2.04. The summed E-state index contributed by atoms with van der Waals surface area (Å²) in [4.78, 5) is 19.5. The lowest BCUT2D eigenvalue weighted by Gasteiger charge is -2.10. The molecule has 2 aromatic carbocycles. The van der Waals surface area contributed by atoms with Gasteiger partial charge in [0.1, 0.15) is 17.3 Å². The molecule has 0 aliphatic carbocycles. The van der Waals surface area contributed by atoms with Crippen LogP contribution in [0.1, 0.15) is 5.56 Å². The Kier molecular flexibility index (Phi) is 4.98. The maximum atomic E-state index is 13.2. The number of nitrogens with zero attached hydrogens (tertiary/aromatic N) is 3. The van der Waals surface area contributed by atoms with Gasteiger partial charge in [0.15, 0.2) is 0 Å². The molecule has 0 aliphatic heterocycles. The number of ether oxygens (including phenoxy) is 1. The molecule has 4 rings (SSSR count). The molecule has 0 unspecified atom stereocenters. The standard InChI is InChI=1S/C21H15FN4O3/c22-15-3-1-4-16(11-15)29-20-9-6-14(13-25-20)12-24-19-8-7-18-17(5-2-10-23-18)21(19)26(27)28/h1-11,13,24H,12H2. The van der Waals surface area contributed by atoms with Crippen LogP contribution in [0, 0.1) is 15.9 Å². The van der Waals surface area contributed by atoms with Gasteiger partial charge < -0.3 is 10.1 Å². The van der Waals surface area contributed by atoms with Gasteiger partial charge in [-0.15, -0.1) is 0 Å². The Balaban J connectivity index is 1.49. The number of nitro benzene ring substituents is 1. The zero-order valence-corrected chi connectivity index (χ0v) is 15.1. The fraction of sp³-hybridized carbons (Fsp3) is 0.0476. The molecule has 0 spiro atoms. The maximum Gasteiger partial charge on any atom is 0.301 e. The van der Waals surface area contributed by atoms with E-state index >= 15 is 0 Å². The van der Waals surface area contributed by atoms with Crippen molar-refractivity contribution in [1.82, 2.24) is 9.97 Å². The molecule has 4 aromatic rings. The summed E-state index contributed by atoms with van der Waals surface area (Å²) in [5.41, 5.74) is 1.74. The number of pyridine rings is 2. The Morgan fingerprint density at radius 1 is 1.07 bits per heavy atom. The second-order valence-electron chi connectivity index (χ2n) is 6.21. The van der Waals surface area contributed by atoms with Crippen LogP contribution in [-0.4, -0.2) is 14.9 Å². The van der Waals surface area contributed by atoms with E-state index in [9.17, 15) is 14.5 Å². The highest BCUT2D eigenvalue weighted by molar-refractivity contribution is 5.94. The molecule has 0 fully saturated rings. The van der Waals surface area contributed by atoms with Crippen LogP contribution in [0.4, 0.5) is 15.8 Å². The molecule has 0 atom stereocenters. The minimum atomic E-state index is -0.416. The number of hydrogen-bond donors (Lipinski definition) is 1. The van der Waals surface area contributed by atoms with Gasteiger partial charge in [-0.25, -0.2) is 9.37 Å². The zero-order valence-electron chi connectivity index (χ0n) is 15.1. The minimum Gasteiger partial charge on any atom is -0.439 e. The first-order chi connectivity index (χ1) is 14.1. The molecule has 0 saturated heterocycles. The largest absolute Gasteiger partial charge is 0.439 e. The lowest BCUT2D eigenvalue weighted by molar-refractivity contribution is -0.382. The van der Waals surface area contributed by atoms with Gasteiger partial charge in [-0.2, -0.15) is 0 Å². The second-order valence-corrected chi connectivity index (χ2v) is 6.21. The normalized spacial score (nSPS) is 10.7. The second kappa shape index (κ2) is 7.89. The van der Waals surface area contributed by atoms with Gasteiger partial charge in [0.2, 0.25) is 5.88 Å². The van der Waals surface area contributed by atoms with Crippen LogP contribution in [0.15, 0.2) is 73.1 Å². The van der Waals surface area contributed by atoms with E-state index in [4.69, 9.17) is 4.74 Å². The molecular weight excluding hydrogens is 375 g/mol. The van der Waals surface area contributed by atoms with Crippen molar-refractivity contribution in [2.75, 3.05) is 5.32 Å². The SMILES string of the molecule is O=[N+]([O-])c1c(NCc2ccc(Oc3cccc(F)c3)nc2)ccc2ncccc12. The van der Waals surface area contributed by atoms with Crippen LogP contribution in [0.25, 0.3) is 10.9 Å². The van der Waals surface area contributed by atoms with Gasteiger partial charge in [0.25, 0.3) is 0 Å². The van der Waals surface area contributed by atoms with Crippen molar-refractivity contribution < 1.29 is 14.1 Å². The quantitative estimate of drug-likeness (QED) is 0.365. The molecule has 0 radical (unpaired) electrons. The third-order valence-corrected chi connectivity index (χ3v) is 4.24. The van der Waals surface area contributed by atoms with Crippen molar-refractivity contribution in [3.63, 3.8) is 0 Å². The summed E-state index contributed by atoms with van der Waals surface area (Å²) in [7, 11) is 0. The number of hydrogen-bond acceptors (Lipinski definition) is 6. The number of rotatable bonds is 6. The number of nitro groups is 1. The molecule has 0 amide bonds. The molecule has 144 valence electrons. The van der Waals surface area contributed by atoms with Crippen molar-refractivity contribution in [2.24, 2.45) is 0 Å². The third-order valence-electron chi connectivity index (χ3n) is 4.24. The Morgan fingerprint density at radius 2 is 1.97 bits per heavy atom. The molecule has 2 aromatic heterocycles. The van der Waals surface area contributed by atoms with Crippen LogP contribution < -0.4 is 10.1 Å². The van der Waals surface area contributed by atoms with E-state index in [0.717, 1.165) is 5.56 Å². The molecule has 29 heavy (non-hydrogen) atoms. The van der Waals surface area contributed by atoms with E-state index in [1.54, 1.807) is 60.9 Å². The summed E-state index contributed by atoms with van der Waals surface area (Å²) in [5.74, 6) is 0.279. The zero-order chi connectivity index (χ0) is 20.2. The Morgan fingerprint density at radius 3 is 2.72 bits per heavy atom. The molecular formula is C21H15FN4O3. The molecule has 0 bridgehead atoms. The van der Waals surface area contributed by atoms with Crippen molar-refractivity contribution in [1.29, 1.82) is 0 Å². The Bertz CT molecular complexity index is 1180. The van der Waals surface area contributed by atoms with Crippen LogP contribution in [0.2, 0.25) is 0 Å². The fourth-order valence-electron chi connectivity index (χ4n) is 2.90. The molecule has 1 N–H and O–H groups in total. The van der Waals surface area contributed by atoms with E-state index in [-0.39, 0.29) is 5.69 Å². The number of halogens is 1. The van der Waals surface area contributed by atoms with Crippen LogP contribution in [0.5, 0.6) is 11.6 Å². The van der Waals surface area contributed by atoms with Crippen LogP contribution >= 0.6 is 0 Å². The number of fused-ring (bicyclic) bond motifs is 1. The smallest absolute Gasteiger partial charge is 0.301 e. The van der Waals surface area contributed by atoms with Crippen molar-refractivity contribution in [2.45, 2.75) is 6.54 Å². The summed E-state index contributed by atoms with van der Waals surface area (Å²) in [6.07, 6.45) is 3.19. The number of nitrogens with one attached hydrogen (secondary N) is 1. The van der Waals surface area contributed by atoms with Crippen molar-refractivity contribution >= 4 is 22.3 Å². The first kappa shape index (κ1) is 18.3. The number of benzene rings is 2. The van der Waals surface area contributed by atoms with Gasteiger partial charge in [-0.05, 0) is 42.0 Å². The van der Waals surface area contributed by atoms with E-state index in [1.807, 2.05) is 0 Å². The summed E-state index contributed by atoms with van der Waals surface area (Å²) < 4.78 is 18.7. The fourth-order valence-corrected chi connectivity index (χ4v) is 2.90. The van der Waals surface area contributed by atoms with Crippen molar-refractivity contribution in [3.8, 4) is 11.6 Å². The minimum absolute atomic E-state index is 0.0189. The van der Waals surface area contributed by atoms with Gasteiger partial charge in [-0.3, -0.25) is 15.1 Å². The highest BCUT2D eigenvalue weighted by Crippen LogP contribution is 2.32. The average molecular weight is 390 g/mol. The van der Waals surface area contributed by atoms with Crippen LogP contribution in [0.3, 0.4) is 0 Å². The summed E-state index contributed by atoms with van der Waals surface area (Å²) >= 11 is 0. The van der Waals surface area contributed by atoms with Gasteiger partial charge >= 0.3 is 5.69 Å². The maximum absolute atomic E-state index is 13.2. The number of aromatic nitrogens is 2. The number of anilines is 1.